The molecule has 1 unspecified atom stereocenters. The van der Waals surface area contributed by atoms with Gasteiger partial charge < -0.3 is 10.1 Å². The van der Waals surface area contributed by atoms with Gasteiger partial charge in [0.05, 0.1) is 16.4 Å². The largest absolute Gasteiger partial charge is 0.489 e. The molecule has 1 amide bonds. The van der Waals surface area contributed by atoms with Crippen molar-refractivity contribution in [1.29, 1.82) is 0 Å². The van der Waals surface area contributed by atoms with Crippen LogP contribution >= 0.6 is 11.3 Å². The molecule has 0 bridgehead atoms. The molecule has 3 heterocycles. The van der Waals surface area contributed by atoms with Gasteiger partial charge in [0.25, 0.3) is 0 Å². The predicted molar refractivity (Wildman–Crippen MR) is 129 cm³/mol. The van der Waals surface area contributed by atoms with Crippen molar-refractivity contribution >= 4 is 33.3 Å². The van der Waals surface area contributed by atoms with Crippen LogP contribution < -0.4 is 10.1 Å². The second-order valence-electron chi connectivity index (χ2n) is 8.12. The molecule has 3 aromatic carbocycles. The first kappa shape index (κ1) is 20.6. The standard InChI is InChI=1S/C26H19FN4O2S/c27-18-7-3-5-16(11-18)15-33-19-8-4-6-17(12-19)20-13-24(32)30-25-21(20)14-28-31(25)26-29-22-9-1-2-10-23(22)34-26/h1-12,14,20H,13,15H2,(H,30,32). The highest BCUT2D eigenvalue weighted by molar-refractivity contribution is 7.20. The maximum Gasteiger partial charge on any atom is 0.226 e. The minimum Gasteiger partial charge on any atom is -0.489 e. The average molecular weight is 471 g/mol. The monoisotopic (exact) mass is 470 g/mol. The van der Waals surface area contributed by atoms with Gasteiger partial charge in [-0.1, -0.05) is 47.7 Å². The van der Waals surface area contributed by atoms with E-state index in [2.05, 4.69) is 15.4 Å². The van der Waals surface area contributed by atoms with E-state index in [1.54, 1.807) is 16.9 Å². The van der Waals surface area contributed by atoms with E-state index in [-0.39, 0.29) is 24.2 Å². The number of thiazole rings is 1. The SMILES string of the molecule is O=C1CC(c2cccc(OCc3cccc(F)c3)c2)c2cnn(-c3nc4ccccc4s3)c2N1. The number of amides is 1. The van der Waals surface area contributed by atoms with Crippen molar-refractivity contribution in [2.24, 2.45) is 0 Å². The lowest BCUT2D eigenvalue weighted by atomic mass is 9.87. The molecule has 2 aromatic heterocycles. The number of hydrogen-bond donors (Lipinski definition) is 1. The zero-order chi connectivity index (χ0) is 23.1. The molecule has 1 atom stereocenters. The van der Waals surface area contributed by atoms with Crippen molar-refractivity contribution in [2.75, 3.05) is 5.32 Å². The summed E-state index contributed by atoms with van der Waals surface area (Å²) in [6.45, 7) is 0.257. The summed E-state index contributed by atoms with van der Waals surface area (Å²) in [6.07, 6.45) is 2.11. The quantitative estimate of drug-likeness (QED) is 0.359. The van der Waals surface area contributed by atoms with Crippen LogP contribution in [0.4, 0.5) is 10.2 Å². The van der Waals surface area contributed by atoms with Crippen LogP contribution in [0, 0.1) is 5.82 Å². The molecule has 0 radical (unpaired) electrons. The number of carbonyl (C=O) groups is 1. The average Bonchev–Trinajstić information content (AvgIpc) is 3.46. The van der Waals surface area contributed by atoms with Crippen LogP contribution in [-0.4, -0.2) is 20.7 Å². The molecule has 0 fully saturated rings. The molecule has 1 aliphatic heterocycles. The molecular formula is C26H19FN4O2S. The van der Waals surface area contributed by atoms with E-state index in [0.717, 1.165) is 26.9 Å². The fourth-order valence-corrected chi connectivity index (χ4v) is 5.16. The topological polar surface area (TPSA) is 69.0 Å². The van der Waals surface area contributed by atoms with Gasteiger partial charge in [0, 0.05) is 17.9 Å². The molecule has 6 nitrogen and oxygen atoms in total. The molecule has 8 heteroatoms. The van der Waals surface area contributed by atoms with Gasteiger partial charge in [-0.2, -0.15) is 9.78 Å². The second-order valence-corrected chi connectivity index (χ2v) is 9.13. The molecule has 0 aliphatic carbocycles. The van der Waals surface area contributed by atoms with Crippen LogP contribution in [0.1, 0.15) is 29.0 Å². The minimum atomic E-state index is -0.291. The summed E-state index contributed by atoms with van der Waals surface area (Å²) in [4.78, 5) is 17.3. The van der Waals surface area contributed by atoms with Gasteiger partial charge >= 0.3 is 0 Å². The maximum atomic E-state index is 13.5. The van der Waals surface area contributed by atoms with E-state index in [4.69, 9.17) is 4.74 Å². The van der Waals surface area contributed by atoms with E-state index in [9.17, 15) is 9.18 Å². The van der Waals surface area contributed by atoms with Crippen molar-refractivity contribution in [3.8, 4) is 10.9 Å². The van der Waals surface area contributed by atoms with Crippen LogP contribution in [0.3, 0.4) is 0 Å². The molecule has 1 N–H and O–H groups in total. The zero-order valence-corrected chi connectivity index (χ0v) is 18.8. The van der Waals surface area contributed by atoms with Gasteiger partial charge in [-0.3, -0.25) is 4.79 Å². The molecule has 6 rings (SSSR count). The Morgan fingerprint density at radius 3 is 2.85 bits per heavy atom. The number of hydrogen-bond acceptors (Lipinski definition) is 5. The van der Waals surface area contributed by atoms with Crippen molar-refractivity contribution in [1.82, 2.24) is 14.8 Å². The number of benzene rings is 3. The Morgan fingerprint density at radius 1 is 1.09 bits per heavy atom. The van der Waals surface area contributed by atoms with E-state index in [1.807, 2.05) is 54.6 Å². The van der Waals surface area contributed by atoms with E-state index < -0.39 is 0 Å². The van der Waals surface area contributed by atoms with Crippen molar-refractivity contribution in [3.05, 3.63) is 102 Å². The highest BCUT2D eigenvalue weighted by atomic mass is 32.1. The number of nitrogens with zero attached hydrogens (tertiary/aromatic N) is 3. The van der Waals surface area contributed by atoms with Gasteiger partial charge in [-0.05, 0) is 47.5 Å². The van der Waals surface area contributed by atoms with Gasteiger partial charge in [0.2, 0.25) is 11.0 Å². The number of fused-ring (bicyclic) bond motifs is 2. The first-order chi connectivity index (χ1) is 16.6. The Hall–Kier alpha value is -4.04. The molecule has 1 aliphatic rings. The number of aromatic nitrogens is 3. The summed E-state index contributed by atoms with van der Waals surface area (Å²) in [7, 11) is 0. The summed E-state index contributed by atoms with van der Waals surface area (Å²) < 4.78 is 22.1. The van der Waals surface area contributed by atoms with Gasteiger partial charge in [0.15, 0.2) is 0 Å². The summed E-state index contributed by atoms with van der Waals surface area (Å²) in [6, 6.07) is 21.9. The number of rotatable bonds is 5. The molecule has 0 spiro atoms. The molecule has 0 saturated carbocycles. The Bertz CT molecular complexity index is 1490. The van der Waals surface area contributed by atoms with Gasteiger partial charge in [0.1, 0.15) is 24.0 Å². The lowest BCUT2D eigenvalue weighted by Gasteiger charge is -2.23. The molecular weight excluding hydrogens is 451 g/mol. The first-order valence-corrected chi connectivity index (χ1v) is 11.7. The second kappa shape index (κ2) is 8.39. The van der Waals surface area contributed by atoms with E-state index >= 15 is 0 Å². The number of anilines is 1. The Morgan fingerprint density at radius 2 is 1.97 bits per heavy atom. The normalized spacial score (nSPS) is 15.2. The van der Waals surface area contributed by atoms with Gasteiger partial charge in [-0.25, -0.2) is 9.37 Å². The van der Waals surface area contributed by atoms with Crippen LogP contribution in [0.15, 0.2) is 79.0 Å². The van der Waals surface area contributed by atoms with Crippen molar-refractivity contribution in [3.63, 3.8) is 0 Å². The Labute approximate surface area is 198 Å². The number of carbonyl (C=O) groups excluding carboxylic acids is 1. The molecule has 0 saturated heterocycles. The predicted octanol–water partition coefficient (Wildman–Crippen LogP) is 5.67. The summed E-state index contributed by atoms with van der Waals surface area (Å²) in [5, 5.41) is 8.25. The fourth-order valence-electron chi connectivity index (χ4n) is 4.23. The summed E-state index contributed by atoms with van der Waals surface area (Å²) in [5.74, 6) is 0.774. The Balaban J connectivity index is 1.31. The third-order valence-electron chi connectivity index (χ3n) is 5.84. The molecule has 168 valence electrons. The number of para-hydroxylation sites is 1. The summed E-state index contributed by atoms with van der Waals surface area (Å²) >= 11 is 1.53. The highest BCUT2D eigenvalue weighted by Crippen LogP contribution is 2.39. The first-order valence-electron chi connectivity index (χ1n) is 10.8. The third kappa shape index (κ3) is 3.82. The fraction of sp³-hybridized carbons (Fsp3) is 0.115. The van der Waals surface area contributed by atoms with Crippen LogP contribution in [0.2, 0.25) is 0 Å². The number of nitrogens with one attached hydrogen (secondary N) is 1. The third-order valence-corrected chi connectivity index (χ3v) is 6.85. The lowest BCUT2D eigenvalue weighted by molar-refractivity contribution is -0.116. The number of ether oxygens (including phenoxy) is 1. The van der Waals surface area contributed by atoms with E-state index in [1.165, 1.54) is 23.5 Å². The summed E-state index contributed by atoms with van der Waals surface area (Å²) in [5.41, 5.74) is 3.54. The van der Waals surface area contributed by atoms with Crippen molar-refractivity contribution < 1.29 is 13.9 Å². The van der Waals surface area contributed by atoms with Crippen LogP contribution in [-0.2, 0) is 11.4 Å². The maximum absolute atomic E-state index is 13.5. The number of halogens is 1. The highest BCUT2D eigenvalue weighted by Gasteiger charge is 2.31. The Kier molecular flexibility index (Phi) is 5.07. The van der Waals surface area contributed by atoms with Crippen LogP contribution in [0.25, 0.3) is 15.3 Å². The minimum absolute atomic E-state index is 0.0774. The van der Waals surface area contributed by atoms with Gasteiger partial charge in [-0.15, -0.1) is 0 Å². The van der Waals surface area contributed by atoms with Crippen LogP contribution in [0.5, 0.6) is 5.75 Å². The smallest absolute Gasteiger partial charge is 0.226 e. The van der Waals surface area contributed by atoms with Crippen molar-refractivity contribution in [2.45, 2.75) is 18.9 Å². The van der Waals surface area contributed by atoms with E-state index in [0.29, 0.717) is 23.1 Å². The molecule has 34 heavy (non-hydrogen) atoms. The zero-order valence-electron chi connectivity index (χ0n) is 17.9. The lowest BCUT2D eigenvalue weighted by Crippen LogP contribution is -2.24. The molecule has 5 aromatic rings.